The van der Waals surface area contributed by atoms with Crippen LogP contribution in [0.15, 0.2) is 0 Å². The van der Waals surface area contributed by atoms with Crippen molar-refractivity contribution in [3.05, 3.63) is 11.4 Å². The first kappa shape index (κ1) is 10.7. The highest BCUT2D eigenvalue weighted by atomic mass is 15.4. The first-order chi connectivity index (χ1) is 6.56. The Morgan fingerprint density at radius 2 is 2.00 bits per heavy atom. The Balaban J connectivity index is 3.08. The van der Waals surface area contributed by atoms with Gasteiger partial charge in [0.1, 0.15) is 6.07 Å². The van der Waals surface area contributed by atoms with Crippen molar-refractivity contribution in [2.75, 3.05) is 0 Å². The molecule has 0 amide bonds. The largest absolute Gasteiger partial charge is 0.245 e. The third-order valence-corrected chi connectivity index (χ3v) is 1.99. The van der Waals surface area contributed by atoms with Crippen LogP contribution in [0.2, 0.25) is 0 Å². The van der Waals surface area contributed by atoms with Crippen molar-refractivity contribution >= 4 is 0 Å². The van der Waals surface area contributed by atoms with E-state index in [0.29, 0.717) is 11.6 Å². The fourth-order valence-electron chi connectivity index (χ4n) is 1.39. The van der Waals surface area contributed by atoms with Gasteiger partial charge in [-0.1, -0.05) is 19.1 Å². The smallest absolute Gasteiger partial charge is 0.185 e. The summed E-state index contributed by atoms with van der Waals surface area (Å²) in [5.74, 6) is 0.512. The van der Waals surface area contributed by atoms with Gasteiger partial charge >= 0.3 is 0 Å². The maximum absolute atomic E-state index is 8.86. The van der Waals surface area contributed by atoms with Crippen LogP contribution in [-0.4, -0.2) is 15.0 Å². The number of hydrogen-bond donors (Lipinski definition) is 0. The van der Waals surface area contributed by atoms with E-state index in [-0.39, 0.29) is 6.04 Å². The van der Waals surface area contributed by atoms with E-state index in [1.807, 2.05) is 18.5 Å². The molecule has 4 heteroatoms. The van der Waals surface area contributed by atoms with Crippen molar-refractivity contribution in [2.45, 2.75) is 40.2 Å². The zero-order valence-electron chi connectivity index (χ0n) is 9.15. The lowest BCUT2D eigenvalue weighted by atomic mass is 10.1. The van der Waals surface area contributed by atoms with Gasteiger partial charge in [0.15, 0.2) is 5.69 Å². The van der Waals surface area contributed by atoms with Crippen molar-refractivity contribution in [2.24, 2.45) is 5.92 Å². The number of aromatic nitrogens is 3. The standard InChI is InChI=1S/C10H16N4/c1-7(2)5-10-9(6-11)12-13-14(10)8(3)4/h7-8H,5H2,1-4H3. The van der Waals surface area contributed by atoms with E-state index >= 15 is 0 Å². The Hall–Kier alpha value is -1.37. The molecule has 0 aliphatic rings. The molecular formula is C10H16N4. The van der Waals surface area contributed by atoms with Crippen LogP contribution in [0, 0.1) is 17.2 Å². The molecule has 14 heavy (non-hydrogen) atoms. The molecule has 0 spiro atoms. The molecule has 1 aromatic heterocycles. The Labute approximate surface area is 84.5 Å². The summed E-state index contributed by atoms with van der Waals surface area (Å²) in [6.45, 7) is 8.33. The molecule has 0 unspecified atom stereocenters. The minimum absolute atomic E-state index is 0.262. The molecule has 1 heterocycles. The topological polar surface area (TPSA) is 54.5 Å². The average molecular weight is 192 g/mol. The fraction of sp³-hybridized carbons (Fsp3) is 0.700. The molecule has 76 valence electrons. The summed E-state index contributed by atoms with van der Waals surface area (Å²) >= 11 is 0. The zero-order valence-corrected chi connectivity index (χ0v) is 9.15. The normalized spacial score (nSPS) is 10.9. The zero-order chi connectivity index (χ0) is 10.7. The monoisotopic (exact) mass is 192 g/mol. The van der Waals surface area contributed by atoms with Gasteiger partial charge in [-0.3, -0.25) is 0 Å². The average Bonchev–Trinajstić information content (AvgIpc) is 2.46. The summed E-state index contributed by atoms with van der Waals surface area (Å²) in [6, 6.07) is 2.34. The van der Waals surface area contributed by atoms with E-state index in [2.05, 4.69) is 30.2 Å². The predicted octanol–water partition coefficient (Wildman–Crippen LogP) is 1.93. The summed E-state index contributed by atoms with van der Waals surface area (Å²) < 4.78 is 1.83. The number of nitriles is 1. The molecule has 0 radical (unpaired) electrons. The summed E-state index contributed by atoms with van der Waals surface area (Å²) in [6.07, 6.45) is 0.855. The van der Waals surface area contributed by atoms with Gasteiger partial charge in [-0.25, -0.2) is 4.68 Å². The second kappa shape index (κ2) is 4.23. The second-order valence-electron chi connectivity index (χ2n) is 4.13. The summed E-state index contributed by atoms with van der Waals surface area (Å²) in [5.41, 5.74) is 1.42. The van der Waals surface area contributed by atoms with E-state index in [0.717, 1.165) is 12.1 Å². The third-order valence-electron chi connectivity index (χ3n) is 1.99. The first-order valence-electron chi connectivity index (χ1n) is 4.90. The van der Waals surface area contributed by atoms with E-state index in [1.54, 1.807) is 0 Å². The predicted molar refractivity (Wildman–Crippen MR) is 53.7 cm³/mol. The van der Waals surface area contributed by atoms with Crippen molar-refractivity contribution in [1.82, 2.24) is 15.0 Å². The van der Waals surface area contributed by atoms with E-state index in [9.17, 15) is 0 Å². The lowest BCUT2D eigenvalue weighted by Crippen LogP contribution is -2.10. The molecule has 0 aromatic carbocycles. The Bertz CT molecular complexity index is 343. The van der Waals surface area contributed by atoms with Crippen molar-refractivity contribution in [3.8, 4) is 6.07 Å². The second-order valence-corrected chi connectivity index (χ2v) is 4.13. The highest BCUT2D eigenvalue weighted by Gasteiger charge is 2.15. The Morgan fingerprint density at radius 1 is 1.36 bits per heavy atom. The first-order valence-corrected chi connectivity index (χ1v) is 4.90. The maximum Gasteiger partial charge on any atom is 0.185 e. The Kier molecular flexibility index (Phi) is 3.23. The lowest BCUT2D eigenvalue weighted by molar-refractivity contribution is 0.477. The van der Waals surface area contributed by atoms with Crippen LogP contribution in [0.3, 0.4) is 0 Å². The van der Waals surface area contributed by atoms with Crippen molar-refractivity contribution < 1.29 is 0 Å². The molecule has 0 saturated carbocycles. The van der Waals surface area contributed by atoms with Gasteiger partial charge in [0, 0.05) is 6.04 Å². The van der Waals surface area contributed by atoms with Crippen LogP contribution in [0.1, 0.15) is 45.1 Å². The van der Waals surface area contributed by atoms with Crippen LogP contribution in [-0.2, 0) is 6.42 Å². The maximum atomic E-state index is 8.86. The summed E-state index contributed by atoms with van der Waals surface area (Å²) in [7, 11) is 0. The number of nitrogens with zero attached hydrogens (tertiary/aromatic N) is 4. The van der Waals surface area contributed by atoms with Gasteiger partial charge in [0.2, 0.25) is 0 Å². The van der Waals surface area contributed by atoms with Gasteiger partial charge in [-0.05, 0) is 26.2 Å². The van der Waals surface area contributed by atoms with Gasteiger partial charge in [-0.2, -0.15) is 5.26 Å². The molecule has 1 rings (SSSR count). The molecule has 0 N–H and O–H groups in total. The fourth-order valence-corrected chi connectivity index (χ4v) is 1.39. The number of rotatable bonds is 3. The van der Waals surface area contributed by atoms with Crippen molar-refractivity contribution in [3.63, 3.8) is 0 Å². The molecule has 0 bridgehead atoms. The van der Waals surface area contributed by atoms with Gasteiger partial charge in [0.25, 0.3) is 0 Å². The van der Waals surface area contributed by atoms with E-state index < -0.39 is 0 Å². The molecule has 0 aliphatic carbocycles. The highest BCUT2D eigenvalue weighted by molar-refractivity contribution is 5.25. The molecule has 0 aliphatic heterocycles. The quantitative estimate of drug-likeness (QED) is 0.735. The molecule has 1 aromatic rings. The lowest BCUT2D eigenvalue weighted by Gasteiger charge is -2.10. The van der Waals surface area contributed by atoms with E-state index in [1.165, 1.54) is 0 Å². The minimum Gasteiger partial charge on any atom is -0.245 e. The molecular weight excluding hydrogens is 176 g/mol. The Morgan fingerprint density at radius 3 is 2.43 bits per heavy atom. The van der Waals surface area contributed by atoms with Crippen molar-refractivity contribution in [1.29, 1.82) is 5.26 Å². The van der Waals surface area contributed by atoms with Crippen LogP contribution in [0.25, 0.3) is 0 Å². The van der Waals surface area contributed by atoms with E-state index in [4.69, 9.17) is 5.26 Å². The van der Waals surface area contributed by atoms with Crippen LogP contribution in [0.5, 0.6) is 0 Å². The van der Waals surface area contributed by atoms with Crippen LogP contribution >= 0.6 is 0 Å². The molecule has 0 fully saturated rings. The van der Waals surface area contributed by atoms with Crippen LogP contribution < -0.4 is 0 Å². The minimum atomic E-state index is 0.262. The molecule has 0 atom stereocenters. The third kappa shape index (κ3) is 2.11. The summed E-state index contributed by atoms with van der Waals surface area (Å²) in [5, 5.41) is 16.7. The SMILES string of the molecule is CC(C)Cc1c(C#N)nnn1C(C)C. The van der Waals surface area contributed by atoms with Crippen LogP contribution in [0.4, 0.5) is 0 Å². The van der Waals surface area contributed by atoms with Gasteiger partial charge in [0.05, 0.1) is 5.69 Å². The van der Waals surface area contributed by atoms with Gasteiger partial charge < -0.3 is 0 Å². The molecule has 0 saturated heterocycles. The number of hydrogen-bond acceptors (Lipinski definition) is 3. The molecule has 4 nitrogen and oxygen atoms in total. The summed E-state index contributed by atoms with van der Waals surface area (Å²) in [4.78, 5) is 0. The van der Waals surface area contributed by atoms with Gasteiger partial charge in [-0.15, -0.1) is 5.10 Å². The highest BCUT2D eigenvalue weighted by Crippen LogP contribution is 2.15.